The van der Waals surface area contributed by atoms with Gasteiger partial charge >= 0.3 is 0 Å². The van der Waals surface area contributed by atoms with E-state index < -0.39 is 7.68 Å². The number of hydrogen-bond donors (Lipinski definition) is 3. The van der Waals surface area contributed by atoms with Crippen molar-refractivity contribution in [2.75, 3.05) is 17.0 Å². The van der Waals surface area contributed by atoms with E-state index >= 15 is 0 Å². The van der Waals surface area contributed by atoms with Crippen LogP contribution in [0.15, 0.2) is 30.3 Å². The maximum absolute atomic E-state index is 6.44. The summed E-state index contributed by atoms with van der Waals surface area (Å²) in [4.78, 5) is 0. The molecule has 0 radical (unpaired) electrons. The maximum atomic E-state index is 6.44. The minimum atomic E-state index is -0.971. The van der Waals surface area contributed by atoms with Crippen LogP contribution in [0.5, 0.6) is 0 Å². The molecule has 0 fully saturated rings. The number of anilines is 2. The quantitative estimate of drug-likeness (QED) is 0.430. The zero-order valence-electron chi connectivity index (χ0n) is 11.1. The molecule has 3 rings (SSSR count). The first kappa shape index (κ1) is 12.2. The second-order valence-electron chi connectivity index (χ2n) is 5.10. The van der Waals surface area contributed by atoms with Crippen LogP contribution in [0, 0.1) is 13.8 Å². The molecule has 1 heterocycles. The van der Waals surface area contributed by atoms with E-state index in [1.165, 1.54) is 0 Å². The lowest BCUT2D eigenvalue weighted by Crippen LogP contribution is -1.94. The van der Waals surface area contributed by atoms with E-state index in [1.54, 1.807) is 0 Å². The summed E-state index contributed by atoms with van der Waals surface area (Å²) in [5.41, 5.74) is 22.6. The summed E-state index contributed by atoms with van der Waals surface area (Å²) in [7, 11) is -0.971. The molecule has 3 aromatic rings. The topological polar surface area (TPSA) is 78.1 Å². The Balaban J connectivity index is 2.60. The van der Waals surface area contributed by atoms with Crippen LogP contribution in [-0.2, 0) is 0 Å². The van der Waals surface area contributed by atoms with Gasteiger partial charge in [0.05, 0.1) is 11.4 Å². The smallest absolute Gasteiger partial charge is 0.231 e. The monoisotopic (exact) mass is 270 g/mol. The van der Waals surface area contributed by atoms with Crippen molar-refractivity contribution in [2.45, 2.75) is 13.8 Å². The molecule has 0 unspecified atom stereocenters. The van der Waals surface area contributed by atoms with Crippen LogP contribution < -0.4 is 17.0 Å². The lowest BCUT2D eigenvalue weighted by molar-refractivity contribution is 1.50. The zero-order chi connectivity index (χ0) is 13.7. The number of fused-ring (bicyclic) bond motifs is 2. The molecular weight excluding hydrogens is 253 g/mol. The molecule has 6 N–H and O–H groups in total. The van der Waals surface area contributed by atoms with Gasteiger partial charge in [-0.25, -0.2) is 0 Å². The van der Waals surface area contributed by atoms with E-state index in [1.807, 2.05) is 26.0 Å². The van der Waals surface area contributed by atoms with Gasteiger partial charge in [-0.1, -0.05) is 0 Å². The van der Waals surface area contributed by atoms with Gasteiger partial charge in [-0.3, -0.25) is 0 Å². The molecule has 0 aliphatic heterocycles. The fourth-order valence-electron chi connectivity index (χ4n) is 2.73. The van der Waals surface area contributed by atoms with Crippen molar-refractivity contribution in [2.24, 2.45) is 0 Å². The Kier molecular flexibility index (Phi) is 2.63. The number of aryl methyl sites for hydroxylation is 2. The van der Waals surface area contributed by atoms with Crippen molar-refractivity contribution in [3.05, 3.63) is 41.5 Å². The highest BCUT2D eigenvalue weighted by molar-refractivity contribution is 7.61. The number of nitrogens with two attached hydrogens (primary N) is 3. The molecule has 96 valence electrons. The predicted octanol–water partition coefficient (Wildman–Crippen LogP) is 3.76. The molecule has 0 bridgehead atoms. The summed E-state index contributed by atoms with van der Waals surface area (Å²) in [6, 6.07) is 10.4. The molecule has 1 aromatic heterocycles. The first-order valence-corrected chi connectivity index (χ1v) is 7.58. The van der Waals surface area contributed by atoms with Gasteiger partial charge in [-0.2, -0.15) is 5.50 Å². The van der Waals surface area contributed by atoms with Gasteiger partial charge in [0.1, 0.15) is 0 Å². The van der Waals surface area contributed by atoms with Crippen LogP contribution in [0.25, 0.3) is 21.0 Å². The average molecular weight is 270 g/mol. The molecule has 0 spiro atoms. The molecule has 19 heavy (non-hydrogen) atoms. The van der Waals surface area contributed by atoms with Crippen molar-refractivity contribution in [3.63, 3.8) is 0 Å². The summed E-state index contributed by atoms with van der Waals surface area (Å²) in [6.45, 7) is 4.09. The molecule has 2 aromatic carbocycles. The number of nitrogen functional groups attached to an aromatic ring is 3. The summed E-state index contributed by atoms with van der Waals surface area (Å²) in [6.07, 6.45) is 0. The van der Waals surface area contributed by atoms with Gasteiger partial charge in [-0.15, -0.1) is 0 Å². The Morgan fingerprint density at radius 2 is 1.16 bits per heavy atom. The van der Waals surface area contributed by atoms with Crippen molar-refractivity contribution < 1.29 is 0 Å². The Hall–Kier alpha value is -1.83. The molecule has 4 heteroatoms. The minimum absolute atomic E-state index is 0.769. The summed E-state index contributed by atoms with van der Waals surface area (Å²) < 4.78 is 0. The molecular formula is C15H17N3P+. The van der Waals surface area contributed by atoms with E-state index in [0.29, 0.717) is 0 Å². The van der Waals surface area contributed by atoms with Gasteiger partial charge in [0.15, 0.2) is 10.2 Å². The zero-order valence-corrected chi connectivity index (χ0v) is 12.0. The van der Waals surface area contributed by atoms with Crippen molar-refractivity contribution in [1.29, 1.82) is 0 Å². The summed E-state index contributed by atoms with van der Waals surface area (Å²) in [5, 5.41) is 4.35. The van der Waals surface area contributed by atoms with Gasteiger partial charge in [-0.05, 0) is 55.3 Å². The molecule has 0 amide bonds. The molecule has 0 saturated carbocycles. The third kappa shape index (κ3) is 1.83. The second-order valence-corrected chi connectivity index (χ2v) is 6.73. The van der Waals surface area contributed by atoms with Crippen LogP contribution in [0.1, 0.15) is 11.1 Å². The molecule has 0 atom stereocenters. The fraction of sp³-hybridized carbons (Fsp3) is 0.133. The first-order valence-electron chi connectivity index (χ1n) is 6.17. The minimum Gasteiger partial charge on any atom is -0.395 e. The predicted molar refractivity (Wildman–Crippen MR) is 87.0 cm³/mol. The van der Waals surface area contributed by atoms with Crippen LogP contribution in [0.4, 0.5) is 11.4 Å². The molecule has 0 aliphatic carbocycles. The highest BCUT2D eigenvalue weighted by Gasteiger charge is 2.20. The van der Waals surface area contributed by atoms with Crippen molar-refractivity contribution >= 4 is 40.1 Å². The van der Waals surface area contributed by atoms with Crippen LogP contribution in [0.2, 0.25) is 0 Å². The van der Waals surface area contributed by atoms with E-state index in [9.17, 15) is 0 Å². The van der Waals surface area contributed by atoms with Crippen molar-refractivity contribution in [3.8, 4) is 0 Å². The number of hydrogen-bond acceptors (Lipinski definition) is 3. The van der Waals surface area contributed by atoms with Gasteiger partial charge < -0.3 is 11.5 Å². The van der Waals surface area contributed by atoms with E-state index in [2.05, 4.69) is 18.2 Å². The normalized spacial score (nSPS) is 11.3. The van der Waals surface area contributed by atoms with Gasteiger partial charge in [0.25, 0.3) is 0 Å². The van der Waals surface area contributed by atoms with Crippen molar-refractivity contribution in [1.82, 2.24) is 0 Å². The van der Waals surface area contributed by atoms with Crippen LogP contribution in [0.3, 0.4) is 0 Å². The number of benzene rings is 2. The lowest BCUT2D eigenvalue weighted by atomic mass is 10.1. The average Bonchev–Trinajstić information content (AvgIpc) is 2.25. The first-order chi connectivity index (χ1) is 8.97. The van der Waals surface area contributed by atoms with E-state index in [4.69, 9.17) is 17.0 Å². The maximum Gasteiger partial charge on any atom is 0.231 e. The van der Waals surface area contributed by atoms with Gasteiger partial charge in [0, 0.05) is 10.8 Å². The molecule has 0 aliphatic rings. The number of rotatable bonds is 0. The molecule has 0 saturated heterocycles. The lowest BCUT2D eigenvalue weighted by Gasteiger charge is -2.05. The third-order valence-corrected chi connectivity index (χ3v) is 5.42. The third-order valence-electron chi connectivity index (χ3n) is 3.42. The highest BCUT2D eigenvalue weighted by Crippen LogP contribution is 2.45. The van der Waals surface area contributed by atoms with Gasteiger partial charge in [0.2, 0.25) is 7.68 Å². The largest absolute Gasteiger partial charge is 0.395 e. The fourth-order valence-corrected chi connectivity index (χ4v) is 4.45. The summed E-state index contributed by atoms with van der Waals surface area (Å²) >= 11 is 0. The van der Waals surface area contributed by atoms with E-state index in [-0.39, 0.29) is 0 Å². The standard InChI is InChI=1S/C15H17N3P/c1-8-3-10-7-11-4-9(2)6-13(17)15(11)19(18)14(10)12(16)5-8/h3-7H,16-18H2,1-2H3/q+1. The molecule has 3 nitrogen and oxygen atoms in total. The Morgan fingerprint density at radius 1 is 0.737 bits per heavy atom. The summed E-state index contributed by atoms with van der Waals surface area (Å²) in [5.74, 6) is 0. The van der Waals surface area contributed by atoms with Crippen LogP contribution >= 0.6 is 7.68 Å². The van der Waals surface area contributed by atoms with Crippen LogP contribution in [-0.4, -0.2) is 0 Å². The SMILES string of the molecule is Cc1cc(N)c2c(c1)cc1cc(C)cc(N)c1[p+]2N. The Labute approximate surface area is 113 Å². The second kappa shape index (κ2) is 4.09. The Bertz CT molecular complexity index is 759. The Morgan fingerprint density at radius 3 is 1.58 bits per heavy atom. The van der Waals surface area contributed by atoms with E-state index in [0.717, 1.165) is 43.5 Å². The highest BCUT2D eigenvalue weighted by atomic mass is 31.1.